The van der Waals surface area contributed by atoms with Gasteiger partial charge in [-0.1, -0.05) is 100 Å². The van der Waals surface area contributed by atoms with Crippen LogP contribution < -0.4 is 0 Å². The van der Waals surface area contributed by atoms with E-state index in [4.69, 9.17) is 4.98 Å². The Labute approximate surface area is 187 Å². The Morgan fingerprint density at radius 1 is 0.967 bits per heavy atom. The molecule has 4 nitrogen and oxygen atoms in total. The molecule has 0 atom stereocenters. The first-order valence-electron chi connectivity index (χ1n) is 9.35. The van der Waals surface area contributed by atoms with Gasteiger partial charge in [0.2, 0.25) is 0 Å². The Morgan fingerprint density at radius 3 is 2.33 bits per heavy atom. The fraction of sp³-hybridized carbons (Fsp3) is 0.0417. The summed E-state index contributed by atoms with van der Waals surface area (Å²) in [6, 6.07) is 27.1. The quantitative estimate of drug-likeness (QED) is 0.182. The molecule has 0 bridgehead atoms. The van der Waals surface area contributed by atoms with Crippen molar-refractivity contribution in [1.82, 2.24) is 9.66 Å². The molecule has 0 radical (unpaired) electrons. The Morgan fingerprint density at radius 2 is 1.63 bits per heavy atom. The summed E-state index contributed by atoms with van der Waals surface area (Å²) >= 11 is 4.82. The second-order valence-electron chi connectivity index (χ2n) is 6.49. The van der Waals surface area contributed by atoms with Crippen LogP contribution in [0.15, 0.2) is 106 Å². The number of thioether (sulfide) groups is 1. The highest BCUT2D eigenvalue weighted by Crippen LogP contribution is 2.25. The first-order valence-corrected chi connectivity index (χ1v) is 11.1. The monoisotopic (exact) mass is 475 g/mol. The molecule has 148 valence electrons. The SMILES string of the molecule is O=C(CSc1nc(-c2ccccc2)cn1N=Cc1ccc(Br)cc1)c1ccccc1. The van der Waals surface area contributed by atoms with Gasteiger partial charge in [-0.05, 0) is 17.7 Å². The number of ketones is 1. The molecule has 0 fully saturated rings. The summed E-state index contributed by atoms with van der Waals surface area (Å²) in [7, 11) is 0. The summed E-state index contributed by atoms with van der Waals surface area (Å²) in [5, 5.41) is 5.26. The molecule has 0 saturated carbocycles. The standard InChI is InChI=1S/C24H18BrN3OS/c25-21-13-11-18(12-14-21)15-26-28-16-22(19-7-3-1-4-8-19)27-24(28)30-17-23(29)20-9-5-2-6-10-20/h1-16H,17H2. The van der Waals surface area contributed by atoms with Crippen molar-refractivity contribution in [2.75, 3.05) is 5.75 Å². The average molecular weight is 476 g/mol. The molecule has 6 heteroatoms. The van der Waals surface area contributed by atoms with E-state index in [2.05, 4.69) is 21.0 Å². The van der Waals surface area contributed by atoms with Gasteiger partial charge in [0.15, 0.2) is 10.9 Å². The van der Waals surface area contributed by atoms with Gasteiger partial charge in [-0.15, -0.1) is 0 Å². The zero-order valence-electron chi connectivity index (χ0n) is 16.0. The summed E-state index contributed by atoms with van der Waals surface area (Å²) in [6.45, 7) is 0. The molecule has 0 unspecified atom stereocenters. The number of halogens is 1. The van der Waals surface area contributed by atoms with Crippen LogP contribution in [0.4, 0.5) is 0 Å². The third kappa shape index (κ3) is 5.14. The molecule has 3 aromatic carbocycles. The summed E-state index contributed by atoms with van der Waals surface area (Å²) in [6.07, 6.45) is 3.67. The number of benzene rings is 3. The van der Waals surface area contributed by atoms with Crippen molar-refractivity contribution in [3.63, 3.8) is 0 Å². The lowest BCUT2D eigenvalue weighted by Crippen LogP contribution is -2.03. The van der Waals surface area contributed by atoms with E-state index in [1.807, 2.05) is 91.1 Å². The molecule has 0 aliphatic rings. The Kier molecular flexibility index (Phi) is 6.57. The van der Waals surface area contributed by atoms with Crippen LogP contribution >= 0.6 is 27.7 Å². The lowest BCUT2D eigenvalue weighted by molar-refractivity contribution is 0.102. The molecule has 0 aliphatic heterocycles. The van der Waals surface area contributed by atoms with Crippen molar-refractivity contribution in [2.24, 2.45) is 5.10 Å². The predicted octanol–water partition coefficient (Wildman–Crippen LogP) is 6.17. The lowest BCUT2D eigenvalue weighted by atomic mass is 10.2. The molecule has 1 heterocycles. The van der Waals surface area contributed by atoms with Crippen LogP contribution in [0.25, 0.3) is 11.3 Å². The lowest BCUT2D eigenvalue weighted by Gasteiger charge is -2.02. The van der Waals surface area contributed by atoms with Gasteiger partial charge in [0.25, 0.3) is 0 Å². The highest BCUT2D eigenvalue weighted by Gasteiger charge is 2.13. The van der Waals surface area contributed by atoms with E-state index in [1.165, 1.54) is 11.8 Å². The van der Waals surface area contributed by atoms with Gasteiger partial charge in [0.1, 0.15) is 0 Å². The van der Waals surface area contributed by atoms with Gasteiger partial charge < -0.3 is 0 Å². The van der Waals surface area contributed by atoms with E-state index < -0.39 is 0 Å². The minimum Gasteiger partial charge on any atom is -0.293 e. The number of hydrogen-bond donors (Lipinski definition) is 0. The highest BCUT2D eigenvalue weighted by atomic mass is 79.9. The van der Waals surface area contributed by atoms with Crippen molar-refractivity contribution in [3.8, 4) is 11.3 Å². The highest BCUT2D eigenvalue weighted by molar-refractivity contribution is 9.10. The first-order chi connectivity index (χ1) is 14.7. The van der Waals surface area contributed by atoms with Crippen molar-refractivity contribution in [1.29, 1.82) is 0 Å². The fourth-order valence-corrected chi connectivity index (χ4v) is 3.88. The number of rotatable bonds is 7. The van der Waals surface area contributed by atoms with Crippen LogP contribution in [-0.2, 0) is 0 Å². The van der Waals surface area contributed by atoms with Crippen LogP contribution in [0.5, 0.6) is 0 Å². The van der Waals surface area contributed by atoms with E-state index in [0.717, 1.165) is 21.3 Å². The number of carbonyl (C=O) groups excluding carboxylic acids is 1. The Bertz CT molecular complexity index is 1160. The van der Waals surface area contributed by atoms with Gasteiger partial charge in [-0.3, -0.25) is 4.79 Å². The van der Waals surface area contributed by atoms with Crippen molar-refractivity contribution in [2.45, 2.75) is 5.16 Å². The van der Waals surface area contributed by atoms with Crippen LogP contribution in [0.2, 0.25) is 0 Å². The number of Topliss-reactive ketones (excluding diaryl/α,β-unsaturated/α-hetero) is 1. The maximum Gasteiger partial charge on any atom is 0.189 e. The Hall–Kier alpha value is -2.96. The average Bonchev–Trinajstić information content (AvgIpc) is 3.21. The van der Waals surface area contributed by atoms with Gasteiger partial charge >= 0.3 is 0 Å². The third-order valence-corrected chi connectivity index (χ3v) is 5.83. The second kappa shape index (κ2) is 9.69. The summed E-state index contributed by atoms with van der Waals surface area (Å²) < 4.78 is 2.75. The van der Waals surface area contributed by atoms with Crippen molar-refractivity contribution >= 4 is 39.7 Å². The molecule has 4 rings (SSSR count). The van der Waals surface area contributed by atoms with E-state index in [9.17, 15) is 4.79 Å². The molecule has 4 aromatic rings. The topological polar surface area (TPSA) is 47.2 Å². The zero-order chi connectivity index (χ0) is 20.8. The number of aromatic nitrogens is 2. The molecule has 0 aliphatic carbocycles. The molecule has 1 aromatic heterocycles. The maximum absolute atomic E-state index is 12.5. The van der Waals surface area contributed by atoms with E-state index in [1.54, 1.807) is 10.9 Å². The molecule has 0 saturated heterocycles. The van der Waals surface area contributed by atoms with Crippen molar-refractivity contribution < 1.29 is 4.79 Å². The number of carbonyl (C=O) groups is 1. The molecular weight excluding hydrogens is 458 g/mol. The van der Waals surface area contributed by atoms with Gasteiger partial charge in [-0.25, -0.2) is 9.66 Å². The van der Waals surface area contributed by atoms with Crippen LogP contribution in [0.1, 0.15) is 15.9 Å². The summed E-state index contributed by atoms with van der Waals surface area (Å²) in [5.74, 6) is 0.358. The summed E-state index contributed by atoms with van der Waals surface area (Å²) in [4.78, 5) is 17.2. The van der Waals surface area contributed by atoms with E-state index in [0.29, 0.717) is 16.5 Å². The molecule has 0 amide bonds. The van der Waals surface area contributed by atoms with E-state index in [-0.39, 0.29) is 5.78 Å². The Balaban J connectivity index is 1.59. The van der Waals surface area contributed by atoms with Crippen LogP contribution in [-0.4, -0.2) is 27.4 Å². The maximum atomic E-state index is 12.5. The van der Waals surface area contributed by atoms with E-state index >= 15 is 0 Å². The minimum absolute atomic E-state index is 0.0632. The van der Waals surface area contributed by atoms with Crippen LogP contribution in [0.3, 0.4) is 0 Å². The van der Waals surface area contributed by atoms with Crippen molar-refractivity contribution in [3.05, 3.63) is 107 Å². The number of imidazole rings is 1. The van der Waals surface area contributed by atoms with Crippen LogP contribution in [0, 0.1) is 0 Å². The normalized spacial score (nSPS) is 11.1. The largest absolute Gasteiger partial charge is 0.293 e. The number of nitrogens with zero attached hydrogens (tertiary/aromatic N) is 3. The van der Waals surface area contributed by atoms with Gasteiger partial charge in [-0.2, -0.15) is 5.10 Å². The first kappa shape index (κ1) is 20.3. The molecule has 0 N–H and O–H groups in total. The fourth-order valence-electron chi connectivity index (χ4n) is 2.80. The smallest absolute Gasteiger partial charge is 0.189 e. The zero-order valence-corrected chi connectivity index (χ0v) is 18.4. The third-order valence-electron chi connectivity index (χ3n) is 4.36. The molecule has 30 heavy (non-hydrogen) atoms. The van der Waals surface area contributed by atoms with Gasteiger partial charge in [0.05, 0.1) is 23.9 Å². The number of hydrogen-bond acceptors (Lipinski definition) is 4. The second-order valence-corrected chi connectivity index (χ2v) is 8.35. The minimum atomic E-state index is 0.0632. The molecule has 0 spiro atoms. The summed E-state index contributed by atoms with van der Waals surface area (Å²) in [5.41, 5.74) is 3.50. The predicted molar refractivity (Wildman–Crippen MR) is 126 cm³/mol. The van der Waals surface area contributed by atoms with Gasteiger partial charge in [0, 0.05) is 15.6 Å². The molecular formula is C24H18BrN3OS.